The highest BCUT2D eigenvalue weighted by Gasteiger charge is 2.24. The van der Waals surface area contributed by atoms with E-state index in [0.717, 1.165) is 16.9 Å². The highest BCUT2D eigenvalue weighted by molar-refractivity contribution is 5.97. The number of aliphatic carboxylic acids is 1. The number of rotatable bonds is 5. The number of ether oxygens (including phenoxy) is 1. The molecule has 0 aliphatic carbocycles. The van der Waals surface area contributed by atoms with Crippen molar-refractivity contribution in [1.82, 2.24) is 5.32 Å². The van der Waals surface area contributed by atoms with Gasteiger partial charge in [-0.05, 0) is 43.0 Å². The maximum Gasteiger partial charge on any atom is 0.326 e. The predicted molar refractivity (Wildman–Crippen MR) is 76.2 cm³/mol. The van der Waals surface area contributed by atoms with Crippen LogP contribution in [0.5, 0.6) is 5.75 Å². The Kier molecular flexibility index (Phi) is 5.13. The number of nitrogens with one attached hydrogen (secondary N) is 1. The van der Waals surface area contributed by atoms with E-state index in [2.05, 4.69) is 5.32 Å². The molecule has 0 aliphatic heterocycles. The maximum atomic E-state index is 12.2. The van der Waals surface area contributed by atoms with Crippen LogP contribution in [-0.4, -0.2) is 30.1 Å². The summed E-state index contributed by atoms with van der Waals surface area (Å²) in [4.78, 5) is 23.3. The van der Waals surface area contributed by atoms with Gasteiger partial charge in [-0.25, -0.2) is 4.79 Å². The second-order valence-corrected chi connectivity index (χ2v) is 5.18. The third kappa shape index (κ3) is 3.50. The minimum atomic E-state index is -1.03. The van der Waals surface area contributed by atoms with Crippen molar-refractivity contribution in [2.75, 3.05) is 7.11 Å². The molecule has 1 aromatic carbocycles. The van der Waals surface area contributed by atoms with Crippen molar-refractivity contribution in [1.29, 1.82) is 0 Å². The summed E-state index contributed by atoms with van der Waals surface area (Å²) >= 11 is 0. The van der Waals surface area contributed by atoms with E-state index in [0.29, 0.717) is 5.56 Å². The van der Waals surface area contributed by atoms with Crippen molar-refractivity contribution >= 4 is 11.9 Å². The molecule has 1 rings (SSSR count). The fraction of sp³-hybridized carbons (Fsp3) is 0.467. The highest BCUT2D eigenvalue weighted by atomic mass is 16.5. The summed E-state index contributed by atoms with van der Waals surface area (Å²) in [6.45, 7) is 7.20. The van der Waals surface area contributed by atoms with Gasteiger partial charge in [0, 0.05) is 5.56 Å². The lowest BCUT2D eigenvalue weighted by molar-refractivity contribution is -0.140. The first-order valence-corrected chi connectivity index (χ1v) is 6.46. The lowest BCUT2D eigenvalue weighted by Gasteiger charge is -2.18. The third-order valence-electron chi connectivity index (χ3n) is 3.15. The molecule has 1 amide bonds. The normalized spacial score (nSPS) is 12.1. The van der Waals surface area contributed by atoms with Crippen LogP contribution in [0.15, 0.2) is 12.1 Å². The Hall–Kier alpha value is -2.04. The maximum absolute atomic E-state index is 12.2. The topological polar surface area (TPSA) is 75.6 Å². The zero-order chi connectivity index (χ0) is 15.4. The first kappa shape index (κ1) is 16.0. The molecule has 5 nitrogen and oxygen atoms in total. The van der Waals surface area contributed by atoms with Gasteiger partial charge in [-0.1, -0.05) is 13.8 Å². The molecular weight excluding hydrogens is 258 g/mol. The SMILES string of the molecule is COc1c(C)cc(C(=O)N[C@H](C(=O)O)C(C)C)cc1C. The molecule has 1 atom stereocenters. The van der Waals surface area contributed by atoms with Crippen LogP contribution in [0.1, 0.15) is 35.3 Å². The largest absolute Gasteiger partial charge is 0.496 e. The van der Waals surface area contributed by atoms with Gasteiger partial charge >= 0.3 is 5.97 Å². The van der Waals surface area contributed by atoms with Gasteiger partial charge in [0.05, 0.1) is 7.11 Å². The van der Waals surface area contributed by atoms with Crippen LogP contribution >= 0.6 is 0 Å². The van der Waals surface area contributed by atoms with Crippen LogP contribution in [0.2, 0.25) is 0 Å². The summed E-state index contributed by atoms with van der Waals surface area (Å²) in [7, 11) is 1.58. The number of benzene rings is 1. The van der Waals surface area contributed by atoms with Gasteiger partial charge in [0.25, 0.3) is 5.91 Å². The summed E-state index contributed by atoms with van der Waals surface area (Å²) in [5.74, 6) is -0.868. The van der Waals surface area contributed by atoms with Crippen molar-refractivity contribution < 1.29 is 19.4 Å². The Morgan fingerprint density at radius 2 is 1.70 bits per heavy atom. The van der Waals surface area contributed by atoms with E-state index >= 15 is 0 Å². The molecule has 0 unspecified atom stereocenters. The van der Waals surface area contributed by atoms with E-state index in [1.54, 1.807) is 33.1 Å². The number of hydrogen-bond acceptors (Lipinski definition) is 3. The summed E-state index contributed by atoms with van der Waals surface area (Å²) in [5.41, 5.74) is 2.12. The Bertz CT molecular complexity index is 500. The minimum absolute atomic E-state index is 0.183. The molecule has 0 bridgehead atoms. The van der Waals surface area contributed by atoms with Crippen LogP contribution in [0.4, 0.5) is 0 Å². The Labute approximate surface area is 118 Å². The van der Waals surface area contributed by atoms with Crippen molar-refractivity contribution in [3.63, 3.8) is 0 Å². The number of hydrogen-bond donors (Lipinski definition) is 2. The van der Waals surface area contributed by atoms with Crippen LogP contribution in [0, 0.1) is 19.8 Å². The molecule has 0 spiro atoms. The van der Waals surface area contributed by atoms with Crippen LogP contribution in [-0.2, 0) is 4.79 Å². The summed E-state index contributed by atoms with van der Waals surface area (Å²) < 4.78 is 5.24. The fourth-order valence-corrected chi connectivity index (χ4v) is 2.14. The lowest BCUT2D eigenvalue weighted by Crippen LogP contribution is -2.44. The number of carbonyl (C=O) groups is 2. The number of carboxylic acid groups (broad SMARTS) is 1. The van der Waals surface area contributed by atoms with E-state index in [-0.39, 0.29) is 11.8 Å². The molecule has 0 aromatic heterocycles. The standard InChI is InChI=1S/C15H21NO4/c1-8(2)12(15(18)19)16-14(17)11-6-9(3)13(20-5)10(4)7-11/h6-8,12H,1-5H3,(H,16,17)(H,18,19)/t12-/m0/s1. The van der Waals surface area contributed by atoms with Gasteiger partial charge in [0.2, 0.25) is 0 Å². The van der Waals surface area contributed by atoms with E-state index in [9.17, 15) is 9.59 Å². The summed E-state index contributed by atoms with van der Waals surface area (Å²) in [6.07, 6.45) is 0. The number of aryl methyl sites for hydroxylation is 2. The number of amides is 1. The van der Waals surface area contributed by atoms with Crippen molar-refractivity contribution in [2.45, 2.75) is 33.7 Å². The molecular formula is C15H21NO4. The lowest BCUT2D eigenvalue weighted by atomic mass is 10.0. The van der Waals surface area contributed by atoms with Crippen molar-refractivity contribution in [3.8, 4) is 5.75 Å². The molecule has 0 radical (unpaired) electrons. The molecule has 0 fully saturated rings. The van der Waals surface area contributed by atoms with E-state index < -0.39 is 12.0 Å². The van der Waals surface area contributed by atoms with Crippen LogP contribution in [0.25, 0.3) is 0 Å². The Morgan fingerprint density at radius 1 is 1.20 bits per heavy atom. The van der Waals surface area contributed by atoms with Gasteiger partial charge in [-0.2, -0.15) is 0 Å². The van der Waals surface area contributed by atoms with Gasteiger partial charge in [-0.15, -0.1) is 0 Å². The first-order valence-electron chi connectivity index (χ1n) is 6.46. The van der Waals surface area contributed by atoms with Crippen molar-refractivity contribution in [2.24, 2.45) is 5.92 Å². The fourth-order valence-electron chi connectivity index (χ4n) is 2.14. The molecule has 1 aromatic rings. The number of carboxylic acids is 1. The second kappa shape index (κ2) is 6.41. The molecule has 110 valence electrons. The number of carbonyl (C=O) groups excluding carboxylic acids is 1. The van der Waals surface area contributed by atoms with Crippen LogP contribution < -0.4 is 10.1 Å². The smallest absolute Gasteiger partial charge is 0.326 e. The average molecular weight is 279 g/mol. The van der Waals surface area contributed by atoms with Gasteiger partial charge < -0.3 is 15.2 Å². The molecule has 2 N–H and O–H groups in total. The molecule has 20 heavy (non-hydrogen) atoms. The second-order valence-electron chi connectivity index (χ2n) is 5.18. The molecule has 0 saturated carbocycles. The number of methoxy groups -OCH3 is 1. The Balaban J connectivity index is 3.01. The zero-order valence-corrected chi connectivity index (χ0v) is 12.5. The quantitative estimate of drug-likeness (QED) is 0.866. The van der Waals surface area contributed by atoms with Crippen molar-refractivity contribution in [3.05, 3.63) is 28.8 Å². The molecule has 0 heterocycles. The zero-order valence-electron chi connectivity index (χ0n) is 12.5. The van der Waals surface area contributed by atoms with E-state index in [1.165, 1.54) is 0 Å². The molecule has 0 saturated heterocycles. The highest BCUT2D eigenvalue weighted by Crippen LogP contribution is 2.24. The molecule has 0 aliphatic rings. The summed E-state index contributed by atoms with van der Waals surface area (Å²) in [5, 5.41) is 11.6. The average Bonchev–Trinajstić information content (AvgIpc) is 2.34. The molecule has 5 heteroatoms. The third-order valence-corrected chi connectivity index (χ3v) is 3.15. The predicted octanol–water partition coefficient (Wildman–Crippen LogP) is 2.15. The minimum Gasteiger partial charge on any atom is -0.496 e. The van der Waals surface area contributed by atoms with Gasteiger partial charge in [0.15, 0.2) is 0 Å². The van der Waals surface area contributed by atoms with E-state index in [1.807, 2.05) is 13.8 Å². The van der Waals surface area contributed by atoms with Gasteiger partial charge in [0.1, 0.15) is 11.8 Å². The monoisotopic (exact) mass is 279 g/mol. The summed E-state index contributed by atoms with van der Waals surface area (Å²) in [6, 6.07) is 2.49. The van der Waals surface area contributed by atoms with Crippen LogP contribution in [0.3, 0.4) is 0 Å². The first-order chi connectivity index (χ1) is 9.27. The Morgan fingerprint density at radius 3 is 2.05 bits per heavy atom. The van der Waals surface area contributed by atoms with Gasteiger partial charge in [-0.3, -0.25) is 4.79 Å². The van der Waals surface area contributed by atoms with E-state index in [4.69, 9.17) is 9.84 Å².